The van der Waals surface area contributed by atoms with Gasteiger partial charge in [0, 0.05) is 29.9 Å². The minimum atomic E-state index is -4.57. The van der Waals surface area contributed by atoms with E-state index in [2.05, 4.69) is 20.8 Å². The number of esters is 1. The maximum atomic E-state index is 14.0. The quantitative estimate of drug-likeness (QED) is 0.129. The number of amides is 1. The lowest BCUT2D eigenvalue weighted by molar-refractivity contribution is -0.151. The van der Waals surface area contributed by atoms with Crippen LogP contribution in [0.5, 0.6) is 0 Å². The maximum Gasteiger partial charge on any atom is 0.416 e. The third kappa shape index (κ3) is 10.1. The molecule has 0 spiro atoms. The van der Waals surface area contributed by atoms with Crippen molar-refractivity contribution in [3.63, 3.8) is 0 Å². The molecule has 3 aromatic rings. The average molecular weight is 700 g/mol. The molecular weight excluding hydrogens is 661 g/mol. The molecule has 0 radical (unpaired) electrons. The molecule has 1 heterocycles. The number of carbonyl (C=O) groups excluding carboxylic acids is 2. The number of aryl methyl sites for hydroxylation is 1. The number of hydrogen-bond donors (Lipinski definition) is 4. The largest absolute Gasteiger partial charge is 0.458 e. The van der Waals surface area contributed by atoms with E-state index in [1.54, 1.807) is 13.8 Å². The lowest BCUT2D eigenvalue weighted by Crippen LogP contribution is -2.52. The van der Waals surface area contributed by atoms with E-state index < -0.39 is 74.6 Å². The molecule has 1 aliphatic carbocycles. The Morgan fingerprint density at radius 3 is 2.38 bits per heavy atom. The number of nitrogens with one attached hydrogen (secondary N) is 3. The molecular formula is C32H38F5N5O5S. The molecule has 3 atom stereocenters. The second-order valence-corrected chi connectivity index (χ2v) is 14.3. The Kier molecular flexibility index (Phi) is 11.6. The summed E-state index contributed by atoms with van der Waals surface area (Å²) in [6.45, 7) is 3.21. The van der Waals surface area contributed by atoms with E-state index >= 15 is 0 Å². The summed E-state index contributed by atoms with van der Waals surface area (Å²) in [5, 5.41) is 11.9. The SMILES string of the molecule is CCCCS(=O)(=O)C[C@@H](NC(=O)c1cc(C)[nH]n1)C(=O)O[C@H](CNC1(c2cccc(C(F)(F)F)c2)CC1)[C@@H](N)Cc1cc(F)cc(F)c1. The maximum absolute atomic E-state index is 14.0. The van der Waals surface area contributed by atoms with Gasteiger partial charge in [-0.1, -0.05) is 25.5 Å². The van der Waals surface area contributed by atoms with Crippen molar-refractivity contribution in [1.82, 2.24) is 20.8 Å². The third-order valence-electron chi connectivity index (χ3n) is 8.03. The number of hydrogen-bond acceptors (Lipinski definition) is 8. The van der Waals surface area contributed by atoms with Crippen molar-refractivity contribution in [3.05, 3.63) is 88.2 Å². The van der Waals surface area contributed by atoms with Crippen LogP contribution in [0.3, 0.4) is 0 Å². The predicted octanol–water partition coefficient (Wildman–Crippen LogP) is 4.09. The molecule has 262 valence electrons. The molecule has 0 unspecified atom stereocenters. The molecule has 0 aliphatic heterocycles. The molecule has 1 amide bonds. The van der Waals surface area contributed by atoms with Gasteiger partial charge in [-0.25, -0.2) is 22.0 Å². The number of aromatic nitrogens is 2. The molecule has 1 aromatic heterocycles. The van der Waals surface area contributed by atoms with Crippen LogP contribution in [0.2, 0.25) is 0 Å². The number of halogens is 5. The Balaban J connectivity index is 1.60. The summed E-state index contributed by atoms with van der Waals surface area (Å²) in [4.78, 5) is 26.6. The van der Waals surface area contributed by atoms with Crippen molar-refractivity contribution in [2.24, 2.45) is 5.73 Å². The highest BCUT2D eigenvalue weighted by atomic mass is 32.2. The van der Waals surface area contributed by atoms with Gasteiger partial charge in [-0.3, -0.25) is 9.89 Å². The van der Waals surface area contributed by atoms with Crippen molar-refractivity contribution in [1.29, 1.82) is 0 Å². The molecule has 10 nitrogen and oxygen atoms in total. The van der Waals surface area contributed by atoms with Gasteiger partial charge in [-0.05, 0) is 74.1 Å². The number of carbonyl (C=O) groups is 2. The van der Waals surface area contributed by atoms with E-state index in [4.69, 9.17) is 10.5 Å². The Labute approximate surface area is 274 Å². The summed E-state index contributed by atoms with van der Waals surface area (Å²) in [7, 11) is -3.87. The van der Waals surface area contributed by atoms with E-state index in [0.29, 0.717) is 43.0 Å². The zero-order valence-corrected chi connectivity index (χ0v) is 27.2. The highest BCUT2D eigenvalue weighted by Crippen LogP contribution is 2.46. The first-order valence-electron chi connectivity index (χ1n) is 15.4. The molecule has 0 saturated heterocycles. The van der Waals surface area contributed by atoms with Crippen LogP contribution in [0.15, 0.2) is 48.5 Å². The fourth-order valence-corrected chi connectivity index (χ4v) is 6.88. The van der Waals surface area contributed by atoms with Gasteiger partial charge < -0.3 is 21.1 Å². The van der Waals surface area contributed by atoms with E-state index in [0.717, 1.165) is 24.3 Å². The molecule has 0 bridgehead atoms. The number of aromatic amines is 1. The number of nitrogens with zero attached hydrogens (tertiary/aromatic N) is 1. The second-order valence-electron chi connectivity index (χ2n) is 12.1. The van der Waals surface area contributed by atoms with Crippen molar-refractivity contribution in [3.8, 4) is 0 Å². The number of sulfone groups is 1. The van der Waals surface area contributed by atoms with Gasteiger partial charge in [0.2, 0.25) is 0 Å². The normalized spacial score (nSPS) is 16.2. The topological polar surface area (TPSA) is 156 Å². The van der Waals surface area contributed by atoms with E-state index in [9.17, 15) is 40.0 Å². The fourth-order valence-electron chi connectivity index (χ4n) is 5.26. The third-order valence-corrected chi connectivity index (χ3v) is 9.78. The van der Waals surface area contributed by atoms with E-state index in [-0.39, 0.29) is 30.0 Å². The Morgan fingerprint density at radius 1 is 1.10 bits per heavy atom. The fraction of sp³-hybridized carbons (Fsp3) is 0.469. The van der Waals surface area contributed by atoms with E-state index in [1.165, 1.54) is 18.2 Å². The first kappa shape index (κ1) is 36.9. The number of alkyl halides is 3. The molecule has 5 N–H and O–H groups in total. The smallest absolute Gasteiger partial charge is 0.416 e. The summed E-state index contributed by atoms with van der Waals surface area (Å²) in [5.41, 5.74) is 5.62. The van der Waals surface area contributed by atoms with Gasteiger partial charge in [-0.2, -0.15) is 18.3 Å². The zero-order chi connectivity index (χ0) is 35.3. The number of ether oxygens (including phenoxy) is 1. The van der Waals surface area contributed by atoms with Crippen molar-refractivity contribution in [2.75, 3.05) is 18.1 Å². The molecule has 48 heavy (non-hydrogen) atoms. The molecule has 1 aliphatic rings. The van der Waals surface area contributed by atoms with Crippen LogP contribution >= 0.6 is 0 Å². The molecule has 2 aromatic carbocycles. The minimum absolute atomic E-state index is 0.101. The van der Waals surface area contributed by atoms with Crippen LogP contribution in [-0.2, 0) is 37.5 Å². The summed E-state index contributed by atoms with van der Waals surface area (Å²) < 4.78 is 99.8. The number of benzene rings is 2. The first-order chi connectivity index (χ1) is 22.5. The molecule has 4 rings (SSSR count). The van der Waals surface area contributed by atoms with Crippen LogP contribution in [0.4, 0.5) is 22.0 Å². The predicted molar refractivity (Wildman–Crippen MR) is 166 cm³/mol. The average Bonchev–Trinajstić information content (AvgIpc) is 3.67. The summed E-state index contributed by atoms with van der Waals surface area (Å²) in [6.07, 6.45) is -4.26. The van der Waals surface area contributed by atoms with Gasteiger partial charge in [0.25, 0.3) is 5.91 Å². The second kappa shape index (κ2) is 15.1. The Morgan fingerprint density at radius 2 is 1.79 bits per heavy atom. The summed E-state index contributed by atoms with van der Waals surface area (Å²) in [5.74, 6) is -4.76. The first-order valence-corrected chi connectivity index (χ1v) is 17.2. The summed E-state index contributed by atoms with van der Waals surface area (Å²) in [6, 6.07) is 6.17. The van der Waals surface area contributed by atoms with Gasteiger partial charge in [0.05, 0.1) is 17.1 Å². The minimum Gasteiger partial charge on any atom is -0.458 e. The van der Waals surface area contributed by atoms with Crippen molar-refractivity contribution < 1.29 is 44.7 Å². The number of rotatable bonds is 16. The van der Waals surface area contributed by atoms with Crippen molar-refractivity contribution in [2.45, 2.75) is 75.9 Å². The molecule has 1 fully saturated rings. The monoisotopic (exact) mass is 699 g/mol. The summed E-state index contributed by atoms with van der Waals surface area (Å²) >= 11 is 0. The van der Waals surface area contributed by atoms with Gasteiger partial charge in [0.15, 0.2) is 9.84 Å². The van der Waals surface area contributed by atoms with Crippen molar-refractivity contribution >= 4 is 21.7 Å². The Bertz CT molecular complexity index is 1690. The van der Waals surface area contributed by atoms with Gasteiger partial charge in [0.1, 0.15) is 29.5 Å². The number of unbranched alkanes of at least 4 members (excludes halogenated alkanes) is 1. The van der Waals surface area contributed by atoms with Crippen LogP contribution < -0.4 is 16.4 Å². The van der Waals surface area contributed by atoms with Crippen LogP contribution in [0, 0.1) is 18.6 Å². The standard InChI is InChI=1S/C32H38F5N5O5S/c1-3-4-10-48(45,46)18-27(40-29(43)26-11-19(2)41-42-26)30(44)47-28(25(38)14-20-12-23(33)16-24(34)13-20)17-39-31(8-9-31)21-6-5-7-22(15-21)32(35,36)37/h5-7,11-13,15-16,25,27-28,39H,3-4,8-10,14,17-18,38H2,1-2H3,(H,40,43)(H,41,42)/t25-,27+,28+/m0/s1. The van der Waals surface area contributed by atoms with Crippen LogP contribution in [-0.4, -0.2) is 66.7 Å². The van der Waals surface area contributed by atoms with Crippen LogP contribution in [0.25, 0.3) is 0 Å². The number of nitrogens with two attached hydrogens (primary N) is 1. The molecule has 16 heteroatoms. The van der Waals surface area contributed by atoms with Gasteiger partial charge >= 0.3 is 12.1 Å². The highest BCUT2D eigenvalue weighted by Gasteiger charge is 2.46. The molecule has 1 saturated carbocycles. The number of H-pyrrole nitrogens is 1. The lowest BCUT2D eigenvalue weighted by atomic mass is 9.99. The van der Waals surface area contributed by atoms with Crippen LogP contribution in [0.1, 0.15) is 65.5 Å². The highest BCUT2D eigenvalue weighted by molar-refractivity contribution is 7.91. The van der Waals surface area contributed by atoms with E-state index in [1.807, 2.05) is 0 Å². The zero-order valence-electron chi connectivity index (χ0n) is 26.4. The van der Waals surface area contributed by atoms with Gasteiger partial charge in [-0.15, -0.1) is 0 Å². The lowest BCUT2D eigenvalue weighted by Gasteiger charge is -2.29. The Hall–Kier alpha value is -3.89.